The van der Waals surface area contributed by atoms with Crippen molar-refractivity contribution in [3.05, 3.63) is 65.5 Å². The molecule has 1 heterocycles. The molecule has 1 N–H and O–H groups in total. The lowest BCUT2D eigenvalue weighted by Gasteiger charge is -2.37. The fourth-order valence-electron chi connectivity index (χ4n) is 3.59. The molecule has 9 nitrogen and oxygen atoms in total. The van der Waals surface area contributed by atoms with E-state index in [1.54, 1.807) is 41.3 Å². The van der Waals surface area contributed by atoms with E-state index in [9.17, 15) is 22.4 Å². The lowest BCUT2D eigenvalue weighted by Crippen LogP contribution is -2.57. The number of nitrogens with one attached hydrogen (secondary N) is 1. The van der Waals surface area contributed by atoms with E-state index in [1.807, 2.05) is 0 Å². The van der Waals surface area contributed by atoms with Gasteiger partial charge in [0.25, 0.3) is 5.91 Å². The van der Waals surface area contributed by atoms with Crippen LogP contribution in [0.5, 0.6) is 5.75 Å². The van der Waals surface area contributed by atoms with Gasteiger partial charge < -0.3 is 14.8 Å². The van der Waals surface area contributed by atoms with Crippen LogP contribution in [-0.4, -0.2) is 81.6 Å². The Bertz CT molecular complexity index is 1080. The van der Waals surface area contributed by atoms with Crippen molar-refractivity contribution in [1.82, 2.24) is 14.5 Å². The number of halogens is 1. The predicted octanol–water partition coefficient (Wildman–Crippen LogP) is 1.25. The van der Waals surface area contributed by atoms with Gasteiger partial charge in [-0.2, -0.15) is 4.31 Å². The SMILES string of the molecule is COC(=O)C(CNC(=O)c1ccc(OCc2ccc(F)cc2)cc1)N1CCN(S(C)(=O)=O)CC1. The summed E-state index contributed by atoms with van der Waals surface area (Å²) in [4.78, 5) is 26.7. The van der Waals surface area contributed by atoms with Crippen LogP contribution in [0.2, 0.25) is 0 Å². The molecule has 1 saturated heterocycles. The fraction of sp³-hybridized carbons (Fsp3) is 0.391. The molecule has 0 aliphatic carbocycles. The maximum Gasteiger partial charge on any atom is 0.324 e. The molecular formula is C23H28FN3O6S. The summed E-state index contributed by atoms with van der Waals surface area (Å²) < 4.78 is 48.3. The number of sulfonamides is 1. The highest BCUT2D eigenvalue weighted by atomic mass is 32.2. The van der Waals surface area contributed by atoms with Gasteiger partial charge in [0.1, 0.15) is 24.2 Å². The molecule has 1 aliphatic heterocycles. The third kappa shape index (κ3) is 6.99. The first-order valence-electron chi connectivity index (χ1n) is 10.7. The van der Waals surface area contributed by atoms with Crippen molar-refractivity contribution in [3.63, 3.8) is 0 Å². The monoisotopic (exact) mass is 493 g/mol. The van der Waals surface area contributed by atoms with E-state index in [-0.39, 0.29) is 38.0 Å². The summed E-state index contributed by atoms with van der Waals surface area (Å²) in [5.41, 5.74) is 1.20. The summed E-state index contributed by atoms with van der Waals surface area (Å²) in [5.74, 6) is -0.631. The van der Waals surface area contributed by atoms with Crippen LogP contribution in [0.1, 0.15) is 15.9 Å². The van der Waals surface area contributed by atoms with Gasteiger partial charge in [0.05, 0.1) is 13.4 Å². The highest BCUT2D eigenvalue weighted by Crippen LogP contribution is 2.15. The molecule has 1 unspecified atom stereocenters. The van der Waals surface area contributed by atoms with Gasteiger partial charge in [-0.15, -0.1) is 0 Å². The van der Waals surface area contributed by atoms with Crippen LogP contribution in [0.4, 0.5) is 4.39 Å². The number of benzene rings is 2. The Morgan fingerprint density at radius 3 is 2.21 bits per heavy atom. The van der Waals surface area contributed by atoms with Crippen molar-refractivity contribution in [2.75, 3.05) is 46.1 Å². The molecular weight excluding hydrogens is 465 g/mol. The Morgan fingerprint density at radius 2 is 1.65 bits per heavy atom. The largest absolute Gasteiger partial charge is 0.489 e. The Balaban J connectivity index is 1.53. The van der Waals surface area contributed by atoms with Crippen molar-refractivity contribution in [2.45, 2.75) is 12.6 Å². The lowest BCUT2D eigenvalue weighted by molar-refractivity contribution is -0.147. The normalized spacial score (nSPS) is 16.0. The van der Waals surface area contributed by atoms with Gasteiger partial charge >= 0.3 is 5.97 Å². The predicted molar refractivity (Wildman–Crippen MR) is 123 cm³/mol. The average molecular weight is 494 g/mol. The zero-order chi connectivity index (χ0) is 24.7. The van der Waals surface area contributed by atoms with E-state index >= 15 is 0 Å². The minimum absolute atomic E-state index is 0.0210. The number of nitrogens with zero attached hydrogens (tertiary/aromatic N) is 2. The summed E-state index contributed by atoms with van der Waals surface area (Å²) >= 11 is 0. The van der Waals surface area contributed by atoms with Crippen LogP contribution in [0, 0.1) is 5.82 Å². The fourth-order valence-corrected chi connectivity index (χ4v) is 4.41. The van der Waals surface area contributed by atoms with Crippen LogP contribution in [0.25, 0.3) is 0 Å². The van der Waals surface area contributed by atoms with Gasteiger partial charge in [-0.3, -0.25) is 14.5 Å². The Hall–Kier alpha value is -3.02. The van der Waals surface area contributed by atoms with E-state index < -0.39 is 22.0 Å². The molecule has 2 aromatic carbocycles. The van der Waals surface area contributed by atoms with Crippen molar-refractivity contribution in [1.29, 1.82) is 0 Å². The quantitative estimate of drug-likeness (QED) is 0.524. The third-order valence-corrected chi connectivity index (χ3v) is 6.85. The van der Waals surface area contributed by atoms with Crippen LogP contribution in [-0.2, 0) is 26.2 Å². The summed E-state index contributed by atoms with van der Waals surface area (Å²) in [6.45, 7) is 1.51. The second-order valence-electron chi connectivity index (χ2n) is 7.89. The highest BCUT2D eigenvalue weighted by molar-refractivity contribution is 7.88. The molecule has 1 fully saturated rings. The smallest absolute Gasteiger partial charge is 0.324 e. The zero-order valence-corrected chi connectivity index (χ0v) is 19.9. The van der Waals surface area contributed by atoms with Crippen molar-refractivity contribution in [2.24, 2.45) is 0 Å². The molecule has 0 aromatic heterocycles. The molecule has 184 valence electrons. The lowest BCUT2D eigenvalue weighted by atomic mass is 10.1. The molecule has 1 atom stereocenters. The van der Waals surface area contributed by atoms with Crippen molar-refractivity contribution >= 4 is 21.9 Å². The number of amides is 1. The third-order valence-electron chi connectivity index (χ3n) is 5.55. The molecule has 3 rings (SSSR count). The molecule has 11 heteroatoms. The van der Waals surface area contributed by atoms with Gasteiger partial charge in [-0.05, 0) is 42.0 Å². The molecule has 0 bridgehead atoms. The minimum atomic E-state index is -3.29. The molecule has 0 radical (unpaired) electrons. The Morgan fingerprint density at radius 1 is 1.03 bits per heavy atom. The number of hydrogen-bond donors (Lipinski definition) is 1. The second-order valence-corrected chi connectivity index (χ2v) is 9.87. The number of rotatable bonds is 9. The minimum Gasteiger partial charge on any atom is -0.489 e. The Labute approximate surface area is 198 Å². The van der Waals surface area contributed by atoms with Gasteiger partial charge in [0.15, 0.2) is 0 Å². The van der Waals surface area contributed by atoms with Gasteiger partial charge in [-0.1, -0.05) is 12.1 Å². The number of piperazine rings is 1. The molecule has 1 aliphatic rings. The van der Waals surface area contributed by atoms with E-state index in [0.29, 0.717) is 24.4 Å². The first-order valence-corrected chi connectivity index (χ1v) is 12.5. The number of ether oxygens (including phenoxy) is 2. The Kier molecular flexibility index (Phi) is 8.59. The topological polar surface area (TPSA) is 105 Å². The number of carbonyl (C=O) groups is 2. The van der Waals surface area contributed by atoms with Crippen LogP contribution < -0.4 is 10.1 Å². The summed E-state index contributed by atoms with van der Waals surface area (Å²) in [5, 5.41) is 2.75. The average Bonchev–Trinajstić information content (AvgIpc) is 2.83. The maximum absolute atomic E-state index is 13.0. The molecule has 0 saturated carbocycles. The highest BCUT2D eigenvalue weighted by Gasteiger charge is 2.32. The summed E-state index contributed by atoms with van der Waals surface area (Å²) in [6.07, 6.45) is 1.15. The second kappa shape index (κ2) is 11.4. The van der Waals surface area contributed by atoms with E-state index in [4.69, 9.17) is 9.47 Å². The van der Waals surface area contributed by atoms with E-state index in [0.717, 1.165) is 11.8 Å². The standard InChI is InChI=1S/C23H28FN3O6S/c1-32-23(29)21(26-11-13-27(14-12-26)34(2,30)31)15-25-22(28)18-5-9-20(10-6-18)33-16-17-3-7-19(24)8-4-17/h3-10,21H,11-16H2,1-2H3,(H,25,28). The number of hydrogen-bond acceptors (Lipinski definition) is 7. The van der Waals surface area contributed by atoms with E-state index in [2.05, 4.69) is 5.32 Å². The molecule has 2 aromatic rings. The molecule has 34 heavy (non-hydrogen) atoms. The van der Waals surface area contributed by atoms with Crippen LogP contribution >= 0.6 is 0 Å². The van der Waals surface area contributed by atoms with Crippen LogP contribution in [0.3, 0.4) is 0 Å². The number of carbonyl (C=O) groups excluding carboxylic acids is 2. The number of methoxy groups -OCH3 is 1. The zero-order valence-electron chi connectivity index (χ0n) is 19.1. The molecule has 1 amide bonds. The molecule has 0 spiro atoms. The van der Waals surface area contributed by atoms with Crippen LogP contribution in [0.15, 0.2) is 48.5 Å². The first-order chi connectivity index (χ1) is 16.2. The van der Waals surface area contributed by atoms with Gasteiger partial charge in [0, 0.05) is 38.3 Å². The van der Waals surface area contributed by atoms with Crippen molar-refractivity contribution < 1.29 is 31.9 Å². The van der Waals surface area contributed by atoms with Gasteiger partial charge in [-0.25, -0.2) is 12.8 Å². The summed E-state index contributed by atoms with van der Waals surface area (Å²) in [6, 6.07) is 11.8. The van der Waals surface area contributed by atoms with E-state index in [1.165, 1.54) is 23.5 Å². The number of esters is 1. The maximum atomic E-state index is 13.0. The summed E-state index contributed by atoms with van der Waals surface area (Å²) in [7, 11) is -2.02. The van der Waals surface area contributed by atoms with Crippen molar-refractivity contribution in [3.8, 4) is 5.75 Å². The van der Waals surface area contributed by atoms with Gasteiger partial charge in [0.2, 0.25) is 10.0 Å². The first kappa shape index (κ1) is 25.6.